The summed E-state index contributed by atoms with van der Waals surface area (Å²) in [5.41, 5.74) is 5.73. The molecule has 0 saturated carbocycles. The molecule has 2 aromatic rings. The molecule has 4 rings (SSSR count). The Bertz CT molecular complexity index is 1230. The van der Waals surface area contributed by atoms with Gasteiger partial charge >= 0.3 is 12.2 Å². The van der Waals surface area contributed by atoms with Crippen LogP contribution in [0.4, 0.5) is 38.1 Å². The van der Waals surface area contributed by atoms with Gasteiger partial charge in [0, 0.05) is 76.0 Å². The van der Waals surface area contributed by atoms with E-state index in [2.05, 4.69) is 5.32 Å². The second-order valence-corrected chi connectivity index (χ2v) is 10.2. The zero-order chi connectivity index (χ0) is 29.0. The molecule has 0 spiro atoms. The molecule has 0 aliphatic carbocycles. The lowest BCUT2D eigenvalue weighted by Crippen LogP contribution is -2.50. The Labute approximate surface area is 233 Å². The zero-order valence-electron chi connectivity index (χ0n) is 21.6. The number of amides is 3. The summed E-state index contributed by atoms with van der Waals surface area (Å²) in [6.07, 6.45) is -5.12. The average molecular weight is 589 g/mol. The number of carbonyl (C=O) groups excluding carboxylic acids is 2. The van der Waals surface area contributed by atoms with Crippen molar-refractivity contribution in [1.29, 1.82) is 0 Å². The number of benzene rings is 2. The van der Waals surface area contributed by atoms with Gasteiger partial charge in [-0.05, 0) is 24.3 Å². The van der Waals surface area contributed by atoms with Crippen molar-refractivity contribution in [2.45, 2.75) is 19.1 Å². The molecular formula is C26H30ClF5N6O2. The van der Waals surface area contributed by atoms with Crippen LogP contribution in [0, 0.1) is 11.6 Å². The highest BCUT2D eigenvalue weighted by molar-refractivity contribution is 6.31. The summed E-state index contributed by atoms with van der Waals surface area (Å²) in [7, 11) is 0. The minimum absolute atomic E-state index is 0.0807. The first-order chi connectivity index (χ1) is 18.9. The molecule has 2 aliphatic rings. The van der Waals surface area contributed by atoms with Crippen LogP contribution >= 0.6 is 11.6 Å². The number of carbonyl (C=O) groups is 2. The molecule has 2 heterocycles. The van der Waals surface area contributed by atoms with E-state index in [-0.39, 0.29) is 18.7 Å². The second kappa shape index (κ2) is 12.6. The van der Waals surface area contributed by atoms with Crippen LogP contribution in [-0.2, 0) is 6.54 Å². The van der Waals surface area contributed by atoms with E-state index in [1.165, 1.54) is 23.1 Å². The van der Waals surface area contributed by atoms with Crippen LogP contribution in [0.3, 0.4) is 0 Å². The maximum absolute atomic E-state index is 15.0. The molecule has 0 unspecified atom stereocenters. The lowest BCUT2D eigenvalue weighted by Gasteiger charge is -2.37. The maximum atomic E-state index is 15.0. The van der Waals surface area contributed by atoms with Gasteiger partial charge in [-0.15, -0.1) is 0 Å². The van der Waals surface area contributed by atoms with Crippen molar-refractivity contribution in [2.24, 2.45) is 5.73 Å². The summed E-state index contributed by atoms with van der Waals surface area (Å²) < 4.78 is 67.7. The van der Waals surface area contributed by atoms with Crippen molar-refractivity contribution < 1.29 is 31.5 Å². The average Bonchev–Trinajstić information content (AvgIpc) is 2.91. The number of nitrogens with two attached hydrogens (primary N) is 1. The van der Waals surface area contributed by atoms with Gasteiger partial charge in [-0.25, -0.2) is 13.6 Å². The molecule has 2 aliphatic heterocycles. The van der Waals surface area contributed by atoms with E-state index in [0.717, 1.165) is 0 Å². The van der Waals surface area contributed by atoms with E-state index in [1.54, 1.807) is 17.0 Å². The molecule has 0 radical (unpaired) electrons. The Morgan fingerprint density at radius 3 is 2.17 bits per heavy atom. The molecule has 0 atom stereocenters. The van der Waals surface area contributed by atoms with Crippen LogP contribution in [0.5, 0.6) is 0 Å². The quantitative estimate of drug-likeness (QED) is 0.475. The Balaban J connectivity index is 1.41. The minimum Gasteiger partial charge on any atom is -0.367 e. The number of rotatable bonds is 7. The zero-order valence-corrected chi connectivity index (χ0v) is 22.4. The van der Waals surface area contributed by atoms with E-state index < -0.39 is 41.7 Å². The van der Waals surface area contributed by atoms with Gasteiger partial charge in [0.05, 0.1) is 23.4 Å². The molecular weight excluding hydrogens is 559 g/mol. The largest absolute Gasteiger partial charge is 0.390 e. The van der Waals surface area contributed by atoms with E-state index in [0.29, 0.717) is 68.8 Å². The Morgan fingerprint density at radius 1 is 0.900 bits per heavy atom. The van der Waals surface area contributed by atoms with Crippen molar-refractivity contribution in [1.82, 2.24) is 14.7 Å². The number of halogens is 6. The Morgan fingerprint density at radius 2 is 1.55 bits per heavy atom. The highest BCUT2D eigenvalue weighted by Crippen LogP contribution is 2.31. The highest BCUT2D eigenvalue weighted by atomic mass is 35.5. The van der Waals surface area contributed by atoms with Gasteiger partial charge in [0.1, 0.15) is 0 Å². The monoisotopic (exact) mass is 588 g/mol. The Kier molecular flexibility index (Phi) is 9.37. The van der Waals surface area contributed by atoms with Crippen molar-refractivity contribution in [3.05, 3.63) is 58.1 Å². The molecule has 14 heteroatoms. The third-order valence-corrected chi connectivity index (χ3v) is 7.35. The predicted octanol–water partition coefficient (Wildman–Crippen LogP) is 4.14. The van der Waals surface area contributed by atoms with Gasteiger partial charge in [-0.2, -0.15) is 13.2 Å². The highest BCUT2D eigenvalue weighted by Gasteiger charge is 2.29. The summed E-state index contributed by atoms with van der Waals surface area (Å²) in [6, 6.07) is 6.74. The summed E-state index contributed by atoms with van der Waals surface area (Å²) in [4.78, 5) is 31.2. The van der Waals surface area contributed by atoms with Crippen LogP contribution < -0.4 is 16.0 Å². The maximum Gasteiger partial charge on any atom is 0.390 e. The van der Waals surface area contributed by atoms with Gasteiger partial charge in [0.15, 0.2) is 11.6 Å². The first kappa shape index (κ1) is 29.8. The molecule has 3 amide bonds. The normalized spacial score (nSPS) is 17.2. The van der Waals surface area contributed by atoms with E-state index >= 15 is 4.39 Å². The number of nitrogens with one attached hydrogen (secondary N) is 1. The van der Waals surface area contributed by atoms with Crippen molar-refractivity contribution in [3.8, 4) is 0 Å². The minimum atomic E-state index is -4.23. The molecule has 0 bridgehead atoms. The van der Waals surface area contributed by atoms with Gasteiger partial charge < -0.3 is 20.9 Å². The van der Waals surface area contributed by atoms with Gasteiger partial charge in [0.25, 0.3) is 5.91 Å². The van der Waals surface area contributed by atoms with Gasteiger partial charge in [-0.1, -0.05) is 17.7 Å². The SMILES string of the molecule is NC(=O)N1CCN(Cc2ccc(C(=O)Nc3ccc(Cl)cc3N3CCN(CCC(F)(F)F)CC3)c(F)c2F)CC1. The van der Waals surface area contributed by atoms with Crippen LogP contribution in [0.1, 0.15) is 22.3 Å². The van der Waals surface area contributed by atoms with E-state index in [9.17, 15) is 27.2 Å². The standard InChI is InChI=1S/C26H30ClF5N6O2/c27-18-2-4-20(21(15-18)37-11-7-35(8-12-37)6-5-26(30,31)32)34-24(39)19-3-1-17(22(28)23(19)29)16-36-9-13-38(14-10-36)25(33)40/h1-4,15H,5-14,16H2,(H2,33,40)(H,34,39). The van der Waals surface area contributed by atoms with Gasteiger partial charge in [-0.3, -0.25) is 14.6 Å². The third-order valence-electron chi connectivity index (χ3n) is 7.12. The Hall–Kier alpha value is -3.16. The summed E-state index contributed by atoms with van der Waals surface area (Å²) >= 11 is 6.17. The molecule has 2 aromatic carbocycles. The van der Waals surface area contributed by atoms with Crippen LogP contribution in [0.2, 0.25) is 5.02 Å². The molecule has 218 valence electrons. The number of urea groups is 1. The molecule has 40 heavy (non-hydrogen) atoms. The third kappa shape index (κ3) is 7.52. The van der Waals surface area contributed by atoms with Crippen molar-refractivity contribution in [2.75, 3.05) is 69.1 Å². The first-order valence-electron chi connectivity index (χ1n) is 12.8. The van der Waals surface area contributed by atoms with Crippen molar-refractivity contribution in [3.63, 3.8) is 0 Å². The fourth-order valence-electron chi connectivity index (χ4n) is 4.81. The van der Waals surface area contributed by atoms with Crippen LogP contribution in [0.15, 0.2) is 30.3 Å². The summed E-state index contributed by atoms with van der Waals surface area (Å²) in [6.45, 7) is 3.22. The molecule has 0 aromatic heterocycles. The molecule has 2 saturated heterocycles. The fourth-order valence-corrected chi connectivity index (χ4v) is 4.98. The van der Waals surface area contributed by atoms with Crippen LogP contribution in [0.25, 0.3) is 0 Å². The smallest absolute Gasteiger partial charge is 0.367 e. The summed E-state index contributed by atoms with van der Waals surface area (Å²) in [5.74, 6) is -3.26. The lowest BCUT2D eigenvalue weighted by molar-refractivity contribution is -0.138. The first-order valence-corrected chi connectivity index (χ1v) is 13.2. The van der Waals surface area contributed by atoms with Crippen LogP contribution in [-0.4, -0.2) is 91.7 Å². The predicted molar refractivity (Wildman–Crippen MR) is 142 cm³/mol. The van der Waals surface area contributed by atoms with Gasteiger partial charge in [0.2, 0.25) is 0 Å². The van der Waals surface area contributed by atoms with Crippen molar-refractivity contribution >= 4 is 34.9 Å². The molecule has 2 fully saturated rings. The van der Waals surface area contributed by atoms with E-state index in [4.69, 9.17) is 17.3 Å². The van der Waals surface area contributed by atoms with E-state index in [1.807, 2.05) is 9.80 Å². The number of nitrogens with zero attached hydrogens (tertiary/aromatic N) is 4. The lowest BCUT2D eigenvalue weighted by atomic mass is 10.1. The number of anilines is 2. The second-order valence-electron chi connectivity index (χ2n) is 9.81. The fraction of sp³-hybridized carbons (Fsp3) is 0.462. The number of primary amides is 1. The number of hydrogen-bond donors (Lipinski definition) is 2. The summed E-state index contributed by atoms with van der Waals surface area (Å²) in [5, 5.41) is 3.00. The number of hydrogen-bond acceptors (Lipinski definition) is 5. The molecule has 8 nitrogen and oxygen atoms in total. The number of piperazine rings is 2. The molecule has 3 N–H and O–H groups in total. The topological polar surface area (TPSA) is 85.2 Å². The number of alkyl halides is 3.